The van der Waals surface area contributed by atoms with Crippen LogP contribution in [0.5, 0.6) is 0 Å². The van der Waals surface area contributed by atoms with E-state index in [1.165, 1.54) is 0 Å². The molecular formula is C26H31N3O3. The number of benzene rings is 2. The minimum absolute atomic E-state index is 0.0163. The van der Waals surface area contributed by atoms with Crippen molar-refractivity contribution in [2.24, 2.45) is 0 Å². The Balaban J connectivity index is 1.56. The minimum atomic E-state index is -0.200. The molecule has 6 heteroatoms. The zero-order valence-electron chi connectivity index (χ0n) is 18.8. The summed E-state index contributed by atoms with van der Waals surface area (Å²) in [6, 6.07) is 15.1. The molecule has 2 saturated heterocycles. The number of hydrogen-bond donors (Lipinski definition) is 0. The average molecular weight is 434 g/mol. The van der Waals surface area contributed by atoms with Gasteiger partial charge in [0.1, 0.15) is 6.54 Å². The number of anilines is 1. The first kappa shape index (κ1) is 22.1. The van der Waals surface area contributed by atoms with Gasteiger partial charge in [-0.3, -0.25) is 19.3 Å². The molecule has 0 unspecified atom stereocenters. The highest BCUT2D eigenvalue weighted by Gasteiger charge is 2.25. The quantitative estimate of drug-likeness (QED) is 0.697. The molecule has 2 aliphatic heterocycles. The van der Waals surface area contributed by atoms with E-state index in [1.54, 1.807) is 11.0 Å². The summed E-state index contributed by atoms with van der Waals surface area (Å²) in [4.78, 5) is 43.9. The molecule has 2 aromatic carbocycles. The van der Waals surface area contributed by atoms with Crippen LogP contribution in [0, 0.1) is 6.92 Å². The largest absolute Gasteiger partial charge is 0.341 e. The number of likely N-dealkylation sites (tertiary alicyclic amines) is 2. The number of rotatable bonds is 6. The van der Waals surface area contributed by atoms with E-state index in [4.69, 9.17) is 0 Å². The normalized spacial score (nSPS) is 16.3. The van der Waals surface area contributed by atoms with Gasteiger partial charge in [-0.15, -0.1) is 0 Å². The predicted molar refractivity (Wildman–Crippen MR) is 124 cm³/mol. The SMILES string of the molecule is Cc1ccc(N(CC(=O)N2CCCCC2)C(=O)c2cccc(CN3CCCC3=O)c2)cc1. The zero-order valence-corrected chi connectivity index (χ0v) is 18.8. The van der Waals surface area contributed by atoms with Crippen molar-refractivity contribution in [2.75, 3.05) is 31.1 Å². The summed E-state index contributed by atoms with van der Waals surface area (Å²) in [7, 11) is 0. The van der Waals surface area contributed by atoms with Crippen LogP contribution >= 0.6 is 0 Å². The number of aryl methyl sites for hydroxylation is 1. The fourth-order valence-electron chi connectivity index (χ4n) is 4.43. The first-order valence-corrected chi connectivity index (χ1v) is 11.5. The number of carbonyl (C=O) groups excluding carboxylic acids is 3. The molecule has 2 fully saturated rings. The lowest BCUT2D eigenvalue weighted by Crippen LogP contribution is -2.45. The topological polar surface area (TPSA) is 60.9 Å². The summed E-state index contributed by atoms with van der Waals surface area (Å²) in [5.41, 5.74) is 3.27. The highest BCUT2D eigenvalue weighted by atomic mass is 16.2. The van der Waals surface area contributed by atoms with Crippen molar-refractivity contribution >= 4 is 23.4 Å². The van der Waals surface area contributed by atoms with E-state index in [9.17, 15) is 14.4 Å². The van der Waals surface area contributed by atoms with Crippen LogP contribution in [-0.4, -0.2) is 53.7 Å². The van der Waals surface area contributed by atoms with Crippen LogP contribution in [-0.2, 0) is 16.1 Å². The second-order valence-corrected chi connectivity index (χ2v) is 8.79. The van der Waals surface area contributed by atoms with Crippen LogP contribution in [0.4, 0.5) is 5.69 Å². The Morgan fingerprint density at radius 3 is 2.38 bits per heavy atom. The summed E-state index contributed by atoms with van der Waals surface area (Å²) in [5.74, 6) is -0.0543. The Bertz CT molecular complexity index is 980. The van der Waals surface area contributed by atoms with Gasteiger partial charge in [0.2, 0.25) is 11.8 Å². The van der Waals surface area contributed by atoms with E-state index < -0.39 is 0 Å². The highest BCUT2D eigenvalue weighted by Crippen LogP contribution is 2.21. The smallest absolute Gasteiger partial charge is 0.258 e. The van der Waals surface area contributed by atoms with Crippen LogP contribution < -0.4 is 4.90 Å². The van der Waals surface area contributed by atoms with Crippen molar-refractivity contribution in [1.29, 1.82) is 0 Å². The Morgan fingerprint density at radius 2 is 1.69 bits per heavy atom. The number of hydrogen-bond acceptors (Lipinski definition) is 3. The lowest BCUT2D eigenvalue weighted by atomic mass is 10.1. The van der Waals surface area contributed by atoms with Crippen molar-refractivity contribution in [3.8, 4) is 0 Å². The molecule has 2 aromatic rings. The maximum absolute atomic E-state index is 13.6. The molecule has 2 aliphatic rings. The lowest BCUT2D eigenvalue weighted by Gasteiger charge is -2.30. The summed E-state index contributed by atoms with van der Waals surface area (Å²) in [6.45, 7) is 4.81. The molecule has 0 radical (unpaired) electrons. The van der Waals surface area contributed by atoms with E-state index in [0.717, 1.165) is 56.4 Å². The van der Waals surface area contributed by atoms with Gasteiger partial charge in [-0.25, -0.2) is 0 Å². The maximum atomic E-state index is 13.6. The van der Waals surface area contributed by atoms with E-state index in [-0.39, 0.29) is 24.3 Å². The first-order valence-electron chi connectivity index (χ1n) is 11.5. The first-order chi connectivity index (χ1) is 15.5. The van der Waals surface area contributed by atoms with E-state index in [1.807, 2.05) is 59.2 Å². The molecule has 0 saturated carbocycles. The molecule has 0 bridgehead atoms. The Morgan fingerprint density at radius 1 is 0.938 bits per heavy atom. The lowest BCUT2D eigenvalue weighted by molar-refractivity contribution is -0.130. The summed E-state index contributed by atoms with van der Waals surface area (Å²) in [5, 5.41) is 0. The van der Waals surface area contributed by atoms with Crippen molar-refractivity contribution in [3.63, 3.8) is 0 Å². The Labute approximate surface area is 189 Å². The summed E-state index contributed by atoms with van der Waals surface area (Å²) < 4.78 is 0. The molecule has 32 heavy (non-hydrogen) atoms. The minimum Gasteiger partial charge on any atom is -0.341 e. The van der Waals surface area contributed by atoms with Gasteiger partial charge >= 0.3 is 0 Å². The van der Waals surface area contributed by atoms with Crippen LogP contribution in [0.3, 0.4) is 0 Å². The Hall–Kier alpha value is -3.15. The number of piperidine rings is 1. The molecule has 4 rings (SSSR count). The van der Waals surface area contributed by atoms with Gasteiger partial charge in [0.15, 0.2) is 0 Å². The van der Waals surface area contributed by atoms with Gasteiger partial charge in [0.05, 0.1) is 0 Å². The fraction of sp³-hybridized carbons (Fsp3) is 0.423. The average Bonchev–Trinajstić information content (AvgIpc) is 3.22. The molecule has 0 aliphatic carbocycles. The standard InChI is InChI=1S/C26H31N3O3/c1-20-10-12-23(13-11-20)29(19-25(31)27-14-3-2-4-15-27)26(32)22-8-5-7-21(17-22)18-28-16-6-9-24(28)30/h5,7-8,10-13,17H,2-4,6,9,14-16,18-19H2,1H3. The van der Waals surface area contributed by atoms with Crippen LogP contribution in [0.25, 0.3) is 0 Å². The summed E-state index contributed by atoms with van der Waals surface area (Å²) in [6.07, 6.45) is 4.66. The van der Waals surface area contributed by atoms with Crippen molar-refractivity contribution in [3.05, 3.63) is 65.2 Å². The predicted octanol–water partition coefficient (Wildman–Crippen LogP) is 3.78. The molecule has 0 aromatic heterocycles. The molecular weight excluding hydrogens is 402 g/mol. The van der Waals surface area contributed by atoms with Crippen LogP contribution in [0.15, 0.2) is 48.5 Å². The Kier molecular flexibility index (Phi) is 6.88. The highest BCUT2D eigenvalue weighted by molar-refractivity contribution is 6.08. The van der Waals surface area contributed by atoms with Crippen molar-refractivity contribution < 1.29 is 14.4 Å². The molecule has 0 N–H and O–H groups in total. The van der Waals surface area contributed by atoms with E-state index in [0.29, 0.717) is 24.2 Å². The van der Waals surface area contributed by atoms with Gasteiger partial charge in [-0.2, -0.15) is 0 Å². The van der Waals surface area contributed by atoms with Gasteiger partial charge in [-0.05, 0) is 62.4 Å². The van der Waals surface area contributed by atoms with Gasteiger partial charge in [-0.1, -0.05) is 29.8 Å². The number of carbonyl (C=O) groups is 3. The van der Waals surface area contributed by atoms with Crippen molar-refractivity contribution in [1.82, 2.24) is 9.80 Å². The number of nitrogens with zero attached hydrogens (tertiary/aromatic N) is 3. The van der Waals surface area contributed by atoms with Gasteiger partial charge < -0.3 is 9.80 Å². The van der Waals surface area contributed by atoms with Gasteiger partial charge in [0.25, 0.3) is 5.91 Å². The molecule has 6 nitrogen and oxygen atoms in total. The maximum Gasteiger partial charge on any atom is 0.258 e. The van der Waals surface area contributed by atoms with E-state index >= 15 is 0 Å². The molecule has 2 heterocycles. The third-order valence-corrected chi connectivity index (χ3v) is 6.31. The van der Waals surface area contributed by atoms with E-state index in [2.05, 4.69) is 0 Å². The van der Waals surface area contributed by atoms with Crippen molar-refractivity contribution in [2.45, 2.75) is 45.6 Å². The van der Waals surface area contributed by atoms with Crippen LogP contribution in [0.1, 0.15) is 53.6 Å². The third-order valence-electron chi connectivity index (χ3n) is 6.31. The third kappa shape index (κ3) is 5.18. The second-order valence-electron chi connectivity index (χ2n) is 8.79. The summed E-state index contributed by atoms with van der Waals surface area (Å²) >= 11 is 0. The molecule has 0 spiro atoms. The molecule has 0 atom stereocenters. The van der Waals surface area contributed by atoms with Gasteiger partial charge in [0, 0.05) is 43.9 Å². The fourth-order valence-corrected chi connectivity index (χ4v) is 4.43. The molecule has 168 valence electrons. The van der Waals surface area contributed by atoms with Crippen LogP contribution in [0.2, 0.25) is 0 Å². The monoisotopic (exact) mass is 433 g/mol. The zero-order chi connectivity index (χ0) is 22.5. The second kappa shape index (κ2) is 9.98. The molecule has 3 amide bonds. The number of amides is 3.